The second-order valence-corrected chi connectivity index (χ2v) is 4.53. The molecule has 106 valence electrons. The van der Waals surface area contributed by atoms with Gasteiger partial charge in [0.2, 0.25) is 0 Å². The fourth-order valence-electron chi connectivity index (χ4n) is 1.74. The molecule has 0 amide bonds. The predicted octanol–water partition coefficient (Wildman–Crippen LogP) is 3.00. The molecule has 0 aliphatic heterocycles. The van der Waals surface area contributed by atoms with E-state index in [9.17, 15) is 4.79 Å². The van der Waals surface area contributed by atoms with Crippen molar-refractivity contribution in [1.82, 2.24) is 4.37 Å². The first-order chi connectivity index (χ1) is 9.69. The molecule has 0 fully saturated rings. The van der Waals surface area contributed by atoms with Gasteiger partial charge in [0.1, 0.15) is 11.5 Å². The standard InChI is InChI=1S/C14H15NO4S/c1-4-19-14(16)12-8-20-15-13(12)9-5-10(17-2)7-11(6-9)18-3/h5-8H,4H2,1-3H3. The summed E-state index contributed by atoms with van der Waals surface area (Å²) in [7, 11) is 3.15. The van der Waals surface area contributed by atoms with Crippen molar-refractivity contribution in [2.45, 2.75) is 6.92 Å². The highest BCUT2D eigenvalue weighted by molar-refractivity contribution is 7.04. The van der Waals surface area contributed by atoms with Gasteiger partial charge < -0.3 is 14.2 Å². The molecule has 0 radical (unpaired) electrons. The lowest BCUT2D eigenvalue weighted by Crippen LogP contribution is -2.05. The summed E-state index contributed by atoms with van der Waals surface area (Å²) < 4.78 is 19.7. The second-order valence-electron chi connectivity index (χ2n) is 3.90. The number of carbonyl (C=O) groups is 1. The molecular weight excluding hydrogens is 278 g/mol. The SMILES string of the molecule is CCOC(=O)c1csnc1-c1cc(OC)cc(OC)c1. The summed E-state index contributed by atoms with van der Waals surface area (Å²) in [5.74, 6) is 0.905. The number of aromatic nitrogens is 1. The van der Waals surface area contributed by atoms with Crippen LogP contribution in [-0.2, 0) is 4.74 Å². The lowest BCUT2D eigenvalue weighted by atomic mass is 10.1. The second kappa shape index (κ2) is 6.38. The van der Waals surface area contributed by atoms with Gasteiger partial charge in [-0.05, 0) is 30.6 Å². The summed E-state index contributed by atoms with van der Waals surface area (Å²) in [4.78, 5) is 11.9. The molecule has 0 aliphatic rings. The minimum absolute atomic E-state index is 0.329. The molecular formula is C14H15NO4S. The number of methoxy groups -OCH3 is 2. The van der Waals surface area contributed by atoms with Crippen molar-refractivity contribution in [2.75, 3.05) is 20.8 Å². The summed E-state index contributed by atoms with van der Waals surface area (Å²) in [5, 5.41) is 1.68. The van der Waals surface area contributed by atoms with Crippen molar-refractivity contribution >= 4 is 17.5 Å². The Morgan fingerprint density at radius 2 is 1.85 bits per heavy atom. The Labute approximate surface area is 121 Å². The summed E-state index contributed by atoms with van der Waals surface area (Å²) in [6, 6.07) is 5.38. The van der Waals surface area contributed by atoms with Crippen molar-refractivity contribution in [3.63, 3.8) is 0 Å². The van der Waals surface area contributed by atoms with Gasteiger partial charge in [0.05, 0.1) is 32.1 Å². The van der Waals surface area contributed by atoms with Crippen LogP contribution < -0.4 is 9.47 Å². The first-order valence-electron chi connectivity index (χ1n) is 6.04. The lowest BCUT2D eigenvalue weighted by molar-refractivity contribution is 0.0527. The molecule has 0 unspecified atom stereocenters. The van der Waals surface area contributed by atoms with Gasteiger partial charge in [-0.2, -0.15) is 4.37 Å². The monoisotopic (exact) mass is 293 g/mol. The zero-order chi connectivity index (χ0) is 14.5. The Hall–Kier alpha value is -2.08. The molecule has 0 spiro atoms. The molecule has 1 heterocycles. The van der Waals surface area contributed by atoms with Crippen LogP contribution in [0.15, 0.2) is 23.6 Å². The summed E-state index contributed by atoms with van der Waals surface area (Å²) in [6.45, 7) is 2.10. The smallest absolute Gasteiger partial charge is 0.341 e. The van der Waals surface area contributed by atoms with Gasteiger partial charge >= 0.3 is 5.97 Å². The van der Waals surface area contributed by atoms with Crippen LogP contribution in [0.3, 0.4) is 0 Å². The van der Waals surface area contributed by atoms with Crippen LogP contribution in [0.1, 0.15) is 17.3 Å². The zero-order valence-electron chi connectivity index (χ0n) is 11.5. The molecule has 5 nitrogen and oxygen atoms in total. The average Bonchev–Trinajstić information content (AvgIpc) is 2.96. The number of rotatable bonds is 5. The quantitative estimate of drug-likeness (QED) is 0.793. The van der Waals surface area contributed by atoms with Gasteiger partial charge in [-0.25, -0.2) is 4.79 Å². The van der Waals surface area contributed by atoms with Gasteiger partial charge in [0, 0.05) is 17.0 Å². The van der Waals surface area contributed by atoms with Crippen LogP contribution in [0.5, 0.6) is 11.5 Å². The fraction of sp³-hybridized carbons (Fsp3) is 0.286. The minimum Gasteiger partial charge on any atom is -0.497 e. The molecule has 0 bridgehead atoms. The highest BCUT2D eigenvalue weighted by Crippen LogP contribution is 2.32. The zero-order valence-corrected chi connectivity index (χ0v) is 12.3. The third-order valence-electron chi connectivity index (χ3n) is 2.69. The molecule has 1 aromatic heterocycles. The molecule has 2 rings (SSSR count). The molecule has 20 heavy (non-hydrogen) atoms. The van der Waals surface area contributed by atoms with E-state index in [0.29, 0.717) is 29.4 Å². The van der Waals surface area contributed by atoms with E-state index in [1.165, 1.54) is 11.5 Å². The normalized spacial score (nSPS) is 10.2. The molecule has 0 N–H and O–H groups in total. The topological polar surface area (TPSA) is 57.7 Å². The van der Waals surface area contributed by atoms with Crippen LogP contribution in [0.4, 0.5) is 0 Å². The number of hydrogen-bond acceptors (Lipinski definition) is 6. The van der Waals surface area contributed by atoms with E-state index in [0.717, 1.165) is 5.56 Å². The van der Waals surface area contributed by atoms with Crippen molar-refractivity contribution in [3.8, 4) is 22.8 Å². The van der Waals surface area contributed by atoms with Crippen molar-refractivity contribution in [1.29, 1.82) is 0 Å². The maximum absolute atomic E-state index is 11.9. The highest BCUT2D eigenvalue weighted by Gasteiger charge is 2.18. The van der Waals surface area contributed by atoms with Crippen molar-refractivity contribution < 1.29 is 19.0 Å². The Kier molecular flexibility index (Phi) is 4.57. The molecule has 1 aromatic carbocycles. The first-order valence-corrected chi connectivity index (χ1v) is 6.88. The summed E-state index contributed by atoms with van der Waals surface area (Å²) >= 11 is 1.21. The van der Waals surface area contributed by atoms with Crippen molar-refractivity contribution in [2.24, 2.45) is 0 Å². The molecule has 2 aromatic rings. The minimum atomic E-state index is -0.377. The summed E-state index contributed by atoms with van der Waals surface area (Å²) in [6.07, 6.45) is 0. The van der Waals surface area contributed by atoms with Crippen LogP contribution in [-0.4, -0.2) is 31.2 Å². The largest absolute Gasteiger partial charge is 0.497 e. The van der Waals surface area contributed by atoms with Gasteiger partial charge in [-0.1, -0.05) is 0 Å². The van der Waals surface area contributed by atoms with Gasteiger partial charge in [-0.3, -0.25) is 0 Å². The third kappa shape index (κ3) is 2.91. The van der Waals surface area contributed by atoms with Gasteiger partial charge in [0.15, 0.2) is 0 Å². The van der Waals surface area contributed by atoms with E-state index in [4.69, 9.17) is 14.2 Å². The number of hydrogen-bond donors (Lipinski definition) is 0. The van der Waals surface area contributed by atoms with Crippen LogP contribution >= 0.6 is 11.5 Å². The Balaban J connectivity index is 2.46. The molecule has 0 saturated heterocycles. The van der Waals surface area contributed by atoms with E-state index in [2.05, 4.69) is 4.37 Å². The number of nitrogens with zero attached hydrogens (tertiary/aromatic N) is 1. The number of carbonyl (C=O) groups excluding carboxylic acids is 1. The van der Waals surface area contributed by atoms with Crippen LogP contribution in [0.2, 0.25) is 0 Å². The molecule has 0 aliphatic carbocycles. The lowest BCUT2D eigenvalue weighted by Gasteiger charge is -2.08. The van der Waals surface area contributed by atoms with E-state index in [-0.39, 0.29) is 5.97 Å². The van der Waals surface area contributed by atoms with Crippen LogP contribution in [0.25, 0.3) is 11.3 Å². The predicted molar refractivity (Wildman–Crippen MR) is 76.6 cm³/mol. The van der Waals surface area contributed by atoms with Gasteiger partial charge in [-0.15, -0.1) is 0 Å². The van der Waals surface area contributed by atoms with E-state index < -0.39 is 0 Å². The number of esters is 1. The highest BCUT2D eigenvalue weighted by atomic mass is 32.1. The number of benzene rings is 1. The third-order valence-corrected chi connectivity index (χ3v) is 3.32. The molecule has 0 saturated carbocycles. The maximum Gasteiger partial charge on any atom is 0.341 e. The van der Waals surface area contributed by atoms with E-state index >= 15 is 0 Å². The Morgan fingerprint density at radius 1 is 1.20 bits per heavy atom. The van der Waals surface area contributed by atoms with E-state index in [1.54, 1.807) is 44.7 Å². The van der Waals surface area contributed by atoms with E-state index in [1.807, 2.05) is 0 Å². The van der Waals surface area contributed by atoms with Gasteiger partial charge in [0.25, 0.3) is 0 Å². The Bertz CT molecular complexity index is 587. The maximum atomic E-state index is 11.9. The van der Waals surface area contributed by atoms with Crippen LogP contribution in [0, 0.1) is 0 Å². The van der Waals surface area contributed by atoms with Crippen molar-refractivity contribution in [3.05, 3.63) is 29.1 Å². The fourth-order valence-corrected chi connectivity index (χ4v) is 2.42. The molecule has 0 atom stereocenters. The average molecular weight is 293 g/mol. The molecule has 6 heteroatoms. The number of ether oxygens (including phenoxy) is 3. The first kappa shape index (κ1) is 14.3. The Morgan fingerprint density at radius 3 is 2.40 bits per heavy atom. The summed E-state index contributed by atoms with van der Waals surface area (Å²) in [5.41, 5.74) is 1.78.